The van der Waals surface area contributed by atoms with Gasteiger partial charge in [0.05, 0.1) is 0 Å². The van der Waals surface area contributed by atoms with Crippen LogP contribution in [-0.2, 0) is 0 Å². The fourth-order valence-electron chi connectivity index (χ4n) is 2.31. The third kappa shape index (κ3) is 4.55. The molecule has 1 rings (SSSR count). The molecule has 0 aliphatic heterocycles. The molecule has 0 aromatic carbocycles. The van der Waals surface area contributed by atoms with Crippen molar-refractivity contribution in [1.82, 2.24) is 0 Å². The average molecular weight is 220 g/mol. The summed E-state index contributed by atoms with van der Waals surface area (Å²) in [5.74, 6) is 1.51. The Kier molecular flexibility index (Phi) is 4.83. The van der Waals surface area contributed by atoms with Gasteiger partial charge in [-0.05, 0) is 49.9 Å². The molecule has 1 unspecified atom stereocenters. The number of allylic oxidation sites excluding steroid dienone is 4. The van der Waals surface area contributed by atoms with Gasteiger partial charge in [-0.1, -0.05) is 51.5 Å². The van der Waals surface area contributed by atoms with Crippen LogP contribution in [-0.4, -0.2) is 0 Å². The van der Waals surface area contributed by atoms with Crippen molar-refractivity contribution in [2.24, 2.45) is 17.3 Å². The van der Waals surface area contributed by atoms with Crippen molar-refractivity contribution < 1.29 is 0 Å². The van der Waals surface area contributed by atoms with Crippen LogP contribution in [0.25, 0.3) is 0 Å². The summed E-state index contributed by atoms with van der Waals surface area (Å²) in [4.78, 5) is 0. The smallest absolute Gasteiger partial charge is 0.0172 e. The molecule has 0 amide bonds. The largest absolute Gasteiger partial charge is 0.0856 e. The third-order valence-electron chi connectivity index (χ3n) is 3.80. The van der Waals surface area contributed by atoms with Crippen LogP contribution in [0.2, 0.25) is 0 Å². The second kappa shape index (κ2) is 5.70. The van der Waals surface area contributed by atoms with Crippen LogP contribution in [0, 0.1) is 17.3 Å². The molecule has 1 atom stereocenters. The van der Waals surface area contributed by atoms with E-state index in [0.29, 0.717) is 5.41 Å². The monoisotopic (exact) mass is 220 g/mol. The summed E-state index contributed by atoms with van der Waals surface area (Å²) in [5, 5.41) is 0. The molecule has 0 aromatic rings. The Morgan fingerprint density at radius 1 is 1.31 bits per heavy atom. The summed E-state index contributed by atoms with van der Waals surface area (Å²) in [6.45, 7) is 11.7. The molecule has 0 heteroatoms. The SMILES string of the molecule is C/C1=C/CCC(C)(C)/C=C\C(C(C)C)CC1. The predicted molar refractivity (Wildman–Crippen MR) is 73.5 cm³/mol. The number of hydrogen-bond donors (Lipinski definition) is 0. The minimum atomic E-state index is 0.362. The summed E-state index contributed by atoms with van der Waals surface area (Å²) in [7, 11) is 0. The van der Waals surface area contributed by atoms with Gasteiger partial charge in [0.25, 0.3) is 0 Å². The van der Waals surface area contributed by atoms with Gasteiger partial charge in [-0.2, -0.15) is 0 Å². The first-order valence-corrected chi connectivity index (χ1v) is 6.76. The topological polar surface area (TPSA) is 0 Å². The summed E-state index contributed by atoms with van der Waals surface area (Å²) in [6, 6.07) is 0. The lowest BCUT2D eigenvalue weighted by atomic mass is 9.81. The summed E-state index contributed by atoms with van der Waals surface area (Å²) in [5.41, 5.74) is 1.94. The van der Waals surface area contributed by atoms with Crippen molar-refractivity contribution >= 4 is 0 Å². The van der Waals surface area contributed by atoms with E-state index in [1.807, 2.05) is 0 Å². The van der Waals surface area contributed by atoms with Gasteiger partial charge in [-0.15, -0.1) is 0 Å². The third-order valence-corrected chi connectivity index (χ3v) is 3.80. The Balaban J connectivity index is 2.79. The van der Waals surface area contributed by atoms with E-state index >= 15 is 0 Å². The van der Waals surface area contributed by atoms with Gasteiger partial charge in [0, 0.05) is 0 Å². The molecule has 0 aromatic heterocycles. The minimum absolute atomic E-state index is 0.362. The molecule has 0 N–H and O–H groups in total. The Morgan fingerprint density at radius 3 is 2.62 bits per heavy atom. The molecule has 0 heterocycles. The van der Waals surface area contributed by atoms with Crippen molar-refractivity contribution in [2.75, 3.05) is 0 Å². The van der Waals surface area contributed by atoms with E-state index in [4.69, 9.17) is 0 Å². The van der Waals surface area contributed by atoms with E-state index in [1.54, 1.807) is 5.57 Å². The standard InChI is InChI=1S/C16H28/c1-13(2)15-9-8-14(3)7-6-11-16(4,5)12-10-15/h7,10,12-13,15H,6,8-9,11H2,1-5H3/b12-10-,14-7-. The fourth-order valence-corrected chi connectivity index (χ4v) is 2.31. The van der Waals surface area contributed by atoms with Crippen LogP contribution in [0.3, 0.4) is 0 Å². The number of rotatable bonds is 1. The van der Waals surface area contributed by atoms with Gasteiger partial charge < -0.3 is 0 Å². The van der Waals surface area contributed by atoms with Crippen molar-refractivity contribution in [3.8, 4) is 0 Å². The first-order chi connectivity index (χ1) is 7.41. The highest BCUT2D eigenvalue weighted by molar-refractivity contribution is 5.05. The zero-order valence-electron chi connectivity index (χ0n) is 11.7. The van der Waals surface area contributed by atoms with E-state index in [9.17, 15) is 0 Å². The van der Waals surface area contributed by atoms with Crippen LogP contribution in [0.4, 0.5) is 0 Å². The highest BCUT2D eigenvalue weighted by Crippen LogP contribution is 2.30. The maximum Gasteiger partial charge on any atom is -0.0172 e. The van der Waals surface area contributed by atoms with Crippen LogP contribution >= 0.6 is 0 Å². The van der Waals surface area contributed by atoms with Gasteiger partial charge >= 0.3 is 0 Å². The van der Waals surface area contributed by atoms with E-state index < -0.39 is 0 Å². The van der Waals surface area contributed by atoms with Crippen molar-refractivity contribution in [3.05, 3.63) is 23.8 Å². The highest BCUT2D eigenvalue weighted by Gasteiger charge is 2.17. The Hall–Kier alpha value is -0.520. The molecule has 92 valence electrons. The van der Waals surface area contributed by atoms with Gasteiger partial charge in [-0.25, -0.2) is 0 Å². The van der Waals surface area contributed by atoms with Gasteiger partial charge in [-0.3, -0.25) is 0 Å². The molecular formula is C16H28. The summed E-state index contributed by atoms with van der Waals surface area (Å²) < 4.78 is 0. The van der Waals surface area contributed by atoms with E-state index in [1.165, 1.54) is 25.7 Å². The first kappa shape index (κ1) is 13.5. The fraction of sp³-hybridized carbons (Fsp3) is 0.750. The lowest BCUT2D eigenvalue weighted by molar-refractivity contribution is 0.405. The molecule has 0 nitrogen and oxygen atoms in total. The second-order valence-corrected chi connectivity index (χ2v) is 6.38. The molecule has 0 bridgehead atoms. The van der Waals surface area contributed by atoms with E-state index in [2.05, 4.69) is 52.8 Å². The zero-order chi connectivity index (χ0) is 12.2. The van der Waals surface area contributed by atoms with Crippen LogP contribution < -0.4 is 0 Å². The van der Waals surface area contributed by atoms with E-state index in [0.717, 1.165) is 11.8 Å². The van der Waals surface area contributed by atoms with Crippen LogP contribution in [0.15, 0.2) is 23.8 Å². The molecule has 0 radical (unpaired) electrons. The van der Waals surface area contributed by atoms with Gasteiger partial charge in [0.1, 0.15) is 0 Å². The second-order valence-electron chi connectivity index (χ2n) is 6.38. The molecule has 16 heavy (non-hydrogen) atoms. The maximum absolute atomic E-state index is 2.48. The predicted octanol–water partition coefficient (Wildman–Crippen LogP) is 5.36. The van der Waals surface area contributed by atoms with Crippen molar-refractivity contribution in [2.45, 2.75) is 60.3 Å². The molecule has 0 saturated carbocycles. The molecule has 0 spiro atoms. The average Bonchev–Trinajstić information content (AvgIpc) is 2.16. The van der Waals surface area contributed by atoms with Gasteiger partial charge in [0.15, 0.2) is 0 Å². The highest BCUT2D eigenvalue weighted by atomic mass is 14.2. The van der Waals surface area contributed by atoms with Crippen molar-refractivity contribution in [1.29, 1.82) is 0 Å². The number of hydrogen-bond acceptors (Lipinski definition) is 0. The van der Waals surface area contributed by atoms with Crippen LogP contribution in [0.1, 0.15) is 60.3 Å². The maximum atomic E-state index is 2.48. The quantitative estimate of drug-likeness (QED) is 0.522. The lowest BCUT2D eigenvalue weighted by Gasteiger charge is -2.24. The summed E-state index contributed by atoms with van der Waals surface area (Å²) >= 11 is 0. The normalized spacial score (nSPS) is 31.9. The Labute approximate surface area is 102 Å². The minimum Gasteiger partial charge on any atom is -0.0856 e. The molecule has 1 aliphatic carbocycles. The summed E-state index contributed by atoms with van der Waals surface area (Å²) in [6.07, 6.45) is 12.5. The van der Waals surface area contributed by atoms with E-state index in [-0.39, 0.29) is 0 Å². The van der Waals surface area contributed by atoms with Gasteiger partial charge in [0.2, 0.25) is 0 Å². The van der Waals surface area contributed by atoms with Crippen molar-refractivity contribution in [3.63, 3.8) is 0 Å². The zero-order valence-corrected chi connectivity index (χ0v) is 11.7. The molecule has 0 saturated heterocycles. The first-order valence-electron chi connectivity index (χ1n) is 6.76. The lowest BCUT2D eigenvalue weighted by Crippen LogP contribution is -2.12. The molecule has 0 fully saturated rings. The molecular weight excluding hydrogens is 192 g/mol. The van der Waals surface area contributed by atoms with Crippen LogP contribution in [0.5, 0.6) is 0 Å². The Morgan fingerprint density at radius 2 is 2.00 bits per heavy atom. The Bertz CT molecular complexity index is 266. The molecule has 1 aliphatic rings.